The molecule has 0 amide bonds. The van der Waals surface area contributed by atoms with Crippen molar-refractivity contribution in [3.63, 3.8) is 0 Å². The topological polar surface area (TPSA) is 61.0 Å². The van der Waals surface area contributed by atoms with E-state index in [1.807, 2.05) is 84.9 Å². The van der Waals surface area contributed by atoms with Gasteiger partial charge in [-0.25, -0.2) is 4.98 Å². The van der Waals surface area contributed by atoms with Gasteiger partial charge in [-0.1, -0.05) is 60.1 Å². The highest BCUT2D eigenvalue weighted by Crippen LogP contribution is 2.27. The van der Waals surface area contributed by atoms with Crippen LogP contribution in [-0.4, -0.2) is 15.2 Å². The van der Waals surface area contributed by atoms with Crippen molar-refractivity contribution < 1.29 is 9.15 Å². The molecule has 0 aliphatic carbocycles. The fourth-order valence-corrected chi connectivity index (χ4v) is 3.60. The Hall–Kier alpha value is -3.96. The van der Waals surface area contributed by atoms with Crippen molar-refractivity contribution in [1.82, 2.24) is 15.2 Å². The Balaban J connectivity index is 1.35. The minimum absolute atomic E-state index is 0.400. The van der Waals surface area contributed by atoms with Crippen molar-refractivity contribution in [2.45, 2.75) is 13.5 Å². The average molecular weight is 454 g/mol. The lowest BCUT2D eigenvalue weighted by Gasteiger charge is -2.08. The highest BCUT2D eigenvalue weighted by Gasteiger charge is 2.12. The molecule has 3 aromatic carbocycles. The smallest absolute Gasteiger partial charge is 0.248 e. The third kappa shape index (κ3) is 4.94. The van der Waals surface area contributed by atoms with Crippen LogP contribution in [0.5, 0.6) is 5.75 Å². The maximum atomic E-state index is 6.06. The molecular formula is C27H20ClN3O2. The van der Waals surface area contributed by atoms with E-state index in [0.29, 0.717) is 23.4 Å². The number of benzene rings is 3. The van der Waals surface area contributed by atoms with Crippen molar-refractivity contribution in [2.75, 3.05) is 0 Å². The van der Waals surface area contributed by atoms with Crippen molar-refractivity contribution in [3.05, 3.63) is 119 Å². The summed E-state index contributed by atoms with van der Waals surface area (Å²) in [4.78, 5) is 4.66. The summed E-state index contributed by atoms with van der Waals surface area (Å²) in [6.45, 7) is 2.17. The fraction of sp³-hybridized carbons (Fsp3) is 0.0741. The largest absolute Gasteiger partial charge is 0.487 e. The quantitative estimate of drug-likeness (QED) is 0.266. The van der Waals surface area contributed by atoms with Crippen LogP contribution in [0.4, 0.5) is 0 Å². The van der Waals surface area contributed by atoms with Crippen LogP contribution in [0.2, 0.25) is 5.02 Å². The molecule has 0 aliphatic rings. The minimum atomic E-state index is 0.400. The fourth-order valence-electron chi connectivity index (χ4n) is 3.48. The Labute approximate surface area is 196 Å². The van der Waals surface area contributed by atoms with Crippen molar-refractivity contribution in [2.24, 2.45) is 0 Å². The number of hydrogen-bond donors (Lipinski definition) is 0. The van der Waals surface area contributed by atoms with Crippen LogP contribution < -0.4 is 4.74 Å². The average Bonchev–Trinajstić information content (AvgIpc) is 3.28. The van der Waals surface area contributed by atoms with Gasteiger partial charge in [0.15, 0.2) is 0 Å². The number of aryl methyl sites for hydroxylation is 1. The molecule has 0 saturated heterocycles. The zero-order valence-electron chi connectivity index (χ0n) is 17.9. The molecule has 0 radical (unpaired) electrons. The lowest BCUT2D eigenvalue weighted by molar-refractivity contribution is 0.302. The van der Waals surface area contributed by atoms with Crippen LogP contribution in [0.25, 0.3) is 22.6 Å². The van der Waals surface area contributed by atoms with Crippen LogP contribution in [0.15, 0.2) is 89.3 Å². The molecule has 162 valence electrons. The lowest BCUT2D eigenvalue weighted by Crippen LogP contribution is -1.98. The Morgan fingerprint density at radius 2 is 1.70 bits per heavy atom. The monoisotopic (exact) mass is 453 g/mol. The van der Waals surface area contributed by atoms with Gasteiger partial charge in [-0.3, -0.25) is 0 Å². The van der Waals surface area contributed by atoms with E-state index in [1.165, 1.54) is 0 Å². The normalized spacial score (nSPS) is 11.6. The number of aromatic nitrogens is 3. The molecular weight excluding hydrogens is 434 g/mol. The summed E-state index contributed by atoms with van der Waals surface area (Å²) in [7, 11) is 0. The first kappa shape index (κ1) is 20.9. The van der Waals surface area contributed by atoms with Crippen LogP contribution in [-0.2, 0) is 6.61 Å². The number of para-hydroxylation sites is 1. The predicted molar refractivity (Wildman–Crippen MR) is 130 cm³/mol. The van der Waals surface area contributed by atoms with Gasteiger partial charge in [0.1, 0.15) is 12.4 Å². The number of hydrogen-bond acceptors (Lipinski definition) is 5. The molecule has 5 aromatic rings. The summed E-state index contributed by atoms with van der Waals surface area (Å²) in [6, 6.07) is 27.5. The molecule has 0 spiro atoms. The SMILES string of the molecule is Cc1nnc(/C(=C/c2ccc(OCc3ccc4ccccc4n3)cc2)c2ccc(Cl)cc2)o1. The third-order valence-electron chi connectivity index (χ3n) is 5.15. The summed E-state index contributed by atoms with van der Waals surface area (Å²) in [6.07, 6.45) is 2.00. The molecule has 2 heterocycles. The first-order chi connectivity index (χ1) is 16.1. The Bertz CT molecular complexity index is 1420. The van der Waals surface area contributed by atoms with Gasteiger partial charge in [0, 0.05) is 22.9 Å². The second-order valence-electron chi connectivity index (χ2n) is 7.54. The summed E-state index contributed by atoms with van der Waals surface area (Å²) >= 11 is 6.06. The molecule has 5 rings (SSSR count). The van der Waals surface area contributed by atoms with E-state index in [-0.39, 0.29) is 0 Å². The molecule has 6 heteroatoms. The summed E-state index contributed by atoms with van der Waals surface area (Å²) in [5.41, 5.74) is 4.58. The molecule has 5 nitrogen and oxygen atoms in total. The lowest BCUT2D eigenvalue weighted by atomic mass is 10.0. The molecule has 0 aliphatic heterocycles. The number of ether oxygens (including phenoxy) is 1. The van der Waals surface area contributed by atoms with Gasteiger partial charge in [-0.15, -0.1) is 10.2 Å². The van der Waals surface area contributed by atoms with Gasteiger partial charge in [-0.2, -0.15) is 0 Å². The van der Waals surface area contributed by atoms with E-state index in [2.05, 4.69) is 21.2 Å². The van der Waals surface area contributed by atoms with Gasteiger partial charge in [0.05, 0.1) is 11.2 Å². The second kappa shape index (κ2) is 9.27. The standard InChI is InChI=1S/C27H20ClN3O2/c1-18-30-31-27(33-18)25(20-8-11-22(28)12-9-20)16-19-6-14-24(15-7-19)32-17-23-13-10-21-4-2-3-5-26(21)29-23/h2-16H,17H2,1H3/b25-16+. The molecule has 0 N–H and O–H groups in total. The molecule has 33 heavy (non-hydrogen) atoms. The molecule has 0 atom stereocenters. The molecule has 2 aromatic heterocycles. The van der Waals surface area contributed by atoms with Crippen LogP contribution in [0.1, 0.15) is 28.6 Å². The Kier molecular flexibility index (Phi) is 5.87. The van der Waals surface area contributed by atoms with E-state index in [0.717, 1.165) is 39.0 Å². The minimum Gasteiger partial charge on any atom is -0.487 e. The summed E-state index contributed by atoms with van der Waals surface area (Å²) in [5.74, 6) is 1.73. The van der Waals surface area contributed by atoms with E-state index in [9.17, 15) is 0 Å². The van der Waals surface area contributed by atoms with E-state index < -0.39 is 0 Å². The van der Waals surface area contributed by atoms with Gasteiger partial charge >= 0.3 is 0 Å². The predicted octanol–water partition coefficient (Wildman–Crippen LogP) is 6.75. The van der Waals surface area contributed by atoms with Crippen molar-refractivity contribution >= 4 is 34.2 Å². The first-order valence-electron chi connectivity index (χ1n) is 10.5. The number of fused-ring (bicyclic) bond motifs is 1. The third-order valence-corrected chi connectivity index (χ3v) is 5.40. The van der Waals surface area contributed by atoms with Crippen LogP contribution >= 0.6 is 11.6 Å². The van der Waals surface area contributed by atoms with Gasteiger partial charge in [0.2, 0.25) is 11.8 Å². The van der Waals surface area contributed by atoms with Gasteiger partial charge in [-0.05, 0) is 53.6 Å². The zero-order valence-corrected chi connectivity index (χ0v) is 18.7. The van der Waals surface area contributed by atoms with E-state index in [4.69, 9.17) is 20.8 Å². The number of pyridine rings is 1. The molecule has 0 unspecified atom stereocenters. The second-order valence-corrected chi connectivity index (χ2v) is 7.98. The zero-order chi connectivity index (χ0) is 22.6. The maximum Gasteiger partial charge on any atom is 0.248 e. The van der Waals surface area contributed by atoms with Gasteiger partial charge in [0.25, 0.3) is 0 Å². The van der Waals surface area contributed by atoms with E-state index >= 15 is 0 Å². The summed E-state index contributed by atoms with van der Waals surface area (Å²) in [5, 5.41) is 9.95. The van der Waals surface area contributed by atoms with Crippen LogP contribution in [0.3, 0.4) is 0 Å². The number of rotatable bonds is 6. The maximum absolute atomic E-state index is 6.06. The Morgan fingerprint density at radius 1 is 0.909 bits per heavy atom. The highest BCUT2D eigenvalue weighted by atomic mass is 35.5. The van der Waals surface area contributed by atoms with Crippen molar-refractivity contribution in [3.8, 4) is 5.75 Å². The summed E-state index contributed by atoms with van der Waals surface area (Å²) < 4.78 is 11.6. The Morgan fingerprint density at radius 3 is 2.45 bits per heavy atom. The highest BCUT2D eigenvalue weighted by molar-refractivity contribution is 6.30. The molecule has 0 fully saturated rings. The number of halogens is 1. The first-order valence-corrected chi connectivity index (χ1v) is 10.9. The van der Waals surface area contributed by atoms with Crippen LogP contribution in [0, 0.1) is 6.92 Å². The molecule has 0 bridgehead atoms. The van der Waals surface area contributed by atoms with Crippen molar-refractivity contribution in [1.29, 1.82) is 0 Å². The number of nitrogens with zero attached hydrogens (tertiary/aromatic N) is 3. The van der Waals surface area contributed by atoms with Gasteiger partial charge < -0.3 is 9.15 Å². The van der Waals surface area contributed by atoms with E-state index in [1.54, 1.807) is 6.92 Å². The molecule has 0 saturated carbocycles.